The summed E-state index contributed by atoms with van der Waals surface area (Å²) < 4.78 is 5.40. The van der Waals surface area contributed by atoms with Gasteiger partial charge < -0.3 is 15.4 Å². The molecule has 0 saturated carbocycles. The van der Waals surface area contributed by atoms with Crippen molar-refractivity contribution in [2.24, 2.45) is 0 Å². The van der Waals surface area contributed by atoms with Crippen molar-refractivity contribution >= 4 is 11.7 Å². The Morgan fingerprint density at radius 3 is 2.60 bits per heavy atom. The van der Waals surface area contributed by atoms with E-state index in [1.54, 1.807) is 13.1 Å². The average Bonchev–Trinajstić information content (AvgIpc) is 2.44. The van der Waals surface area contributed by atoms with Gasteiger partial charge in [0.1, 0.15) is 5.82 Å². The van der Waals surface area contributed by atoms with Gasteiger partial charge in [-0.05, 0) is 31.9 Å². The fourth-order valence-corrected chi connectivity index (χ4v) is 1.79. The van der Waals surface area contributed by atoms with Crippen molar-refractivity contribution in [2.75, 3.05) is 25.5 Å². The first-order valence-corrected chi connectivity index (χ1v) is 7.07. The first kappa shape index (κ1) is 16.4. The van der Waals surface area contributed by atoms with Gasteiger partial charge in [0, 0.05) is 31.5 Å². The van der Waals surface area contributed by atoms with Gasteiger partial charge in [-0.1, -0.05) is 13.8 Å². The molecule has 0 aliphatic carbocycles. The number of rotatable bonds is 7. The summed E-state index contributed by atoms with van der Waals surface area (Å²) in [6.07, 6.45) is 0.0131. The van der Waals surface area contributed by atoms with Crippen LogP contribution in [0.1, 0.15) is 49.7 Å². The lowest BCUT2D eigenvalue weighted by Gasteiger charge is -2.14. The van der Waals surface area contributed by atoms with Crippen LogP contribution in [-0.4, -0.2) is 37.2 Å². The van der Waals surface area contributed by atoms with Crippen molar-refractivity contribution < 1.29 is 9.53 Å². The smallest absolute Gasteiger partial charge is 0.251 e. The van der Waals surface area contributed by atoms with Crippen LogP contribution in [0.3, 0.4) is 0 Å². The van der Waals surface area contributed by atoms with Crippen molar-refractivity contribution in [3.8, 4) is 0 Å². The molecule has 1 heterocycles. The first-order chi connectivity index (χ1) is 9.47. The molecule has 1 aromatic rings. The molecule has 1 rings (SSSR count). The summed E-state index contributed by atoms with van der Waals surface area (Å²) >= 11 is 0. The Labute approximate surface area is 121 Å². The predicted molar refractivity (Wildman–Crippen MR) is 81.3 cm³/mol. The fraction of sp³-hybridized carbons (Fsp3) is 0.600. The van der Waals surface area contributed by atoms with Crippen molar-refractivity contribution in [3.05, 3.63) is 23.4 Å². The van der Waals surface area contributed by atoms with Gasteiger partial charge in [0.2, 0.25) is 0 Å². The molecule has 1 aromatic heterocycles. The Morgan fingerprint density at radius 2 is 2.05 bits per heavy atom. The third-order valence-electron chi connectivity index (χ3n) is 2.96. The van der Waals surface area contributed by atoms with E-state index in [0.29, 0.717) is 24.5 Å². The summed E-state index contributed by atoms with van der Waals surface area (Å²) in [5, 5.41) is 5.87. The maximum absolute atomic E-state index is 12.2. The topological polar surface area (TPSA) is 63.2 Å². The van der Waals surface area contributed by atoms with Crippen LogP contribution in [0.4, 0.5) is 5.82 Å². The van der Waals surface area contributed by atoms with Crippen molar-refractivity contribution in [1.82, 2.24) is 10.3 Å². The third-order valence-corrected chi connectivity index (χ3v) is 2.96. The third kappa shape index (κ3) is 4.81. The highest BCUT2D eigenvalue weighted by Crippen LogP contribution is 2.17. The zero-order valence-corrected chi connectivity index (χ0v) is 13.0. The van der Waals surface area contributed by atoms with E-state index in [1.807, 2.05) is 19.9 Å². The SMILES string of the molecule is CCOC(C)CNC(=O)c1cc(NC)nc(C(C)C)c1. The van der Waals surface area contributed by atoms with E-state index in [4.69, 9.17) is 4.74 Å². The first-order valence-electron chi connectivity index (χ1n) is 7.07. The van der Waals surface area contributed by atoms with Crippen LogP contribution < -0.4 is 10.6 Å². The minimum absolute atomic E-state index is 0.0131. The molecule has 112 valence electrons. The molecule has 0 radical (unpaired) electrons. The minimum atomic E-state index is -0.0997. The highest BCUT2D eigenvalue weighted by molar-refractivity contribution is 5.95. The number of anilines is 1. The molecule has 0 spiro atoms. The van der Waals surface area contributed by atoms with Crippen LogP contribution in [-0.2, 0) is 4.74 Å². The van der Waals surface area contributed by atoms with Gasteiger partial charge in [-0.3, -0.25) is 4.79 Å². The monoisotopic (exact) mass is 279 g/mol. The van der Waals surface area contributed by atoms with E-state index in [1.165, 1.54) is 0 Å². The summed E-state index contributed by atoms with van der Waals surface area (Å²) in [6, 6.07) is 3.60. The van der Waals surface area contributed by atoms with Gasteiger partial charge in [0.25, 0.3) is 5.91 Å². The highest BCUT2D eigenvalue weighted by Gasteiger charge is 2.12. The highest BCUT2D eigenvalue weighted by atomic mass is 16.5. The quantitative estimate of drug-likeness (QED) is 0.804. The molecule has 1 unspecified atom stereocenters. The second-order valence-corrected chi connectivity index (χ2v) is 5.05. The van der Waals surface area contributed by atoms with Gasteiger partial charge in [0.15, 0.2) is 0 Å². The number of amides is 1. The number of hydrogen-bond acceptors (Lipinski definition) is 4. The molecule has 5 heteroatoms. The molecule has 0 saturated heterocycles. The zero-order valence-electron chi connectivity index (χ0n) is 13.0. The number of ether oxygens (including phenoxy) is 1. The van der Waals surface area contributed by atoms with E-state index in [2.05, 4.69) is 29.5 Å². The molecule has 1 atom stereocenters. The zero-order chi connectivity index (χ0) is 15.1. The summed E-state index contributed by atoms with van der Waals surface area (Å²) in [4.78, 5) is 16.6. The Bertz CT molecular complexity index is 447. The molecule has 0 fully saturated rings. The molecule has 0 bridgehead atoms. The lowest BCUT2D eigenvalue weighted by Crippen LogP contribution is -2.32. The lowest BCUT2D eigenvalue weighted by atomic mass is 10.1. The predicted octanol–water partition coefficient (Wildman–Crippen LogP) is 2.40. The standard InChI is InChI=1S/C15H25N3O2/c1-6-20-11(4)9-17-15(19)12-7-13(10(2)3)18-14(8-12)16-5/h7-8,10-11H,6,9H2,1-5H3,(H,16,18)(H,17,19). The largest absolute Gasteiger partial charge is 0.377 e. The van der Waals surface area contributed by atoms with Crippen LogP contribution in [0, 0.1) is 0 Å². The Kier molecular flexibility index (Phi) is 6.45. The molecule has 0 aromatic carbocycles. The lowest BCUT2D eigenvalue weighted by molar-refractivity contribution is 0.0695. The number of hydrogen-bond donors (Lipinski definition) is 2. The number of nitrogens with zero attached hydrogens (tertiary/aromatic N) is 1. The molecule has 5 nitrogen and oxygen atoms in total. The fourth-order valence-electron chi connectivity index (χ4n) is 1.79. The van der Waals surface area contributed by atoms with E-state index in [0.717, 1.165) is 5.69 Å². The minimum Gasteiger partial charge on any atom is -0.377 e. The van der Waals surface area contributed by atoms with Gasteiger partial charge in [-0.15, -0.1) is 0 Å². The molecule has 2 N–H and O–H groups in total. The summed E-state index contributed by atoms with van der Waals surface area (Å²) in [7, 11) is 1.80. The van der Waals surface area contributed by atoms with Gasteiger partial charge in [0.05, 0.1) is 6.10 Å². The van der Waals surface area contributed by atoms with Crippen molar-refractivity contribution in [2.45, 2.75) is 39.7 Å². The Hall–Kier alpha value is -1.62. The van der Waals surface area contributed by atoms with Crippen LogP contribution >= 0.6 is 0 Å². The number of aromatic nitrogens is 1. The summed E-state index contributed by atoms with van der Waals surface area (Å²) in [5.74, 6) is 0.883. The van der Waals surface area contributed by atoms with Crippen molar-refractivity contribution in [3.63, 3.8) is 0 Å². The molecule has 20 heavy (non-hydrogen) atoms. The number of carbonyl (C=O) groups excluding carboxylic acids is 1. The van der Waals surface area contributed by atoms with Crippen LogP contribution in [0.25, 0.3) is 0 Å². The van der Waals surface area contributed by atoms with E-state index >= 15 is 0 Å². The number of carbonyl (C=O) groups is 1. The number of nitrogens with one attached hydrogen (secondary N) is 2. The van der Waals surface area contributed by atoms with Crippen LogP contribution in [0.5, 0.6) is 0 Å². The second-order valence-electron chi connectivity index (χ2n) is 5.05. The van der Waals surface area contributed by atoms with Gasteiger partial charge in [-0.2, -0.15) is 0 Å². The molecule has 0 aliphatic rings. The molecular weight excluding hydrogens is 254 g/mol. The summed E-state index contributed by atoms with van der Waals surface area (Å²) in [6.45, 7) is 9.14. The maximum atomic E-state index is 12.2. The maximum Gasteiger partial charge on any atom is 0.251 e. The average molecular weight is 279 g/mol. The Balaban J connectivity index is 2.79. The Morgan fingerprint density at radius 1 is 1.35 bits per heavy atom. The summed E-state index contributed by atoms with van der Waals surface area (Å²) in [5.41, 5.74) is 1.52. The molecular formula is C15H25N3O2. The van der Waals surface area contributed by atoms with Gasteiger partial charge >= 0.3 is 0 Å². The van der Waals surface area contributed by atoms with E-state index in [-0.39, 0.29) is 17.9 Å². The van der Waals surface area contributed by atoms with Crippen LogP contribution in [0.2, 0.25) is 0 Å². The van der Waals surface area contributed by atoms with Gasteiger partial charge in [-0.25, -0.2) is 4.98 Å². The van der Waals surface area contributed by atoms with E-state index < -0.39 is 0 Å². The molecule has 0 aliphatic heterocycles. The molecule has 1 amide bonds. The van der Waals surface area contributed by atoms with Crippen molar-refractivity contribution in [1.29, 1.82) is 0 Å². The normalized spacial score (nSPS) is 12.3. The van der Waals surface area contributed by atoms with Crippen LogP contribution in [0.15, 0.2) is 12.1 Å². The van der Waals surface area contributed by atoms with E-state index in [9.17, 15) is 4.79 Å². The second kappa shape index (κ2) is 7.85. The number of pyridine rings is 1.